The number of halogens is 2. The van der Waals surface area contributed by atoms with Crippen LogP contribution in [0.4, 0.5) is 4.39 Å². The van der Waals surface area contributed by atoms with Gasteiger partial charge in [0.1, 0.15) is 5.82 Å². The first-order valence-electron chi connectivity index (χ1n) is 4.02. The van der Waals surface area contributed by atoms with Gasteiger partial charge < -0.3 is 4.84 Å². The maximum atomic E-state index is 13.1. The Morgan fingerprint density at radius 1 is 1.54 bits per heavy atom. The minimum absolute atomic E-state index is 0.226. The first-order valence-corrected chi connectivity index (χ1v) is 4.82. The number of hydrogen-bond acceptors (Lipinski definition) is 2. The Hall–Kier alpha value is -0.450. The topological polar surface area (TPSA) is 21.3 Å². The van der Waals surface area contributed by atoms with Crippen LogP contribution in [0.1, 0.15) is 12.5 Å². The van der Waals surface area contributed by atoms with E-state index in [1.165, 1.54) is 6.07 Å². The Kier molecular flexibility index (Phi) is 4.35. The summed E-state index contributed by atoms with van der Waals surface area (Å²) >= 11 is 3.27. The minimum Gasteiger partial charge on any atom is -0.302 e. The van der Waals surface area contributed by atoms with Crippen molar-refractivity contribution in [3.8, 4) is 0 Å². The van der Waals surface area contributed by atoms with E-state index in [0.717, 1.165) is 4.47 Å². The number of hydrogen-bond donors (Lipinski definition) is 1. The molecule has 1 N–H and O–H groups in total. The molecule has 0 saturated heterocycles. The number of nitrogens with one attached hydrogen (secondary N) is 1. The first-order chi connectivity index (χ1) is 6.24. The van der Waals surface area contributed by atoms with E-state index in [2.05, 4.69) is 21.4 Å². The highest BCUT2D eigenvalue weighted by atomic mass is 79.9. The average Bonchev–Trinajstić information content (AvgIpc) is 2.11. The summed E-state index contributed by atoms with van der Waals surface area (Å²) in [5.41, 5.74) is 3.24. The Bertz CT molecular complexity index is 280. The van der Waals surface area contributed by atoms with Crippen LogP contribution in [0.5, 0.6) is 0 Å². The maximum absolute atomic E-state index is 13.1. The maximum Gasteiger partial charge on any atom is 0.127 e. The second kappa shape index (κ2) is 5.32. The molecule has 1 aromatic carbocycles. The number of hydroxylamine groups is 1. The van der Waals surface area contributed by atoms with Crippen LogP contribution in [0.15, 0.2) is 22.7 Å². The molecule has 0 fully saturated rings. The van der Waals surface area contributed by atoms with Gasteiger partial charge in [-0.25, -0.2) is 4.39 Å². The van der Waals surface area contributed by atoms with Crippen molar-refractivity contribution >= 4 is 15.9 Å². The van der Waals surface area contributed by atoms with Crippen molar-refractivity contribution in [3.63, 3.8) is 0 Å². The van der Waals surface area contributed by atoms with Crippen LogP contribution >= 0.6 is 15.9 Å². The Morgan fingerprint density at radius 2 is 2.31 bits per heavy atom. The molecule has 1 aromatic rings. The predicted molar refractivity (Wildman–Crippen MR) is 52.6 cm³/mol. The zero-order chi connectivity index (χ0) is 9.68. The van der Waals surface area contributed by atoms with Gasteiger partial charge in [-0.05, 0) is 25.1 Å². The summed E-state index contributed by atoms with van der Waals surface area (Å²) in [6.07, 6.45) is 0. The van der Waals surface area contributed by atoms with Gasteiger partial charge in [-0.3, -0.25) is 0 Å². The summed E-state index contributed by atoms with van der Waals surface area (Å²) in [6, 6.07) is 4.81. The van der Waals surface area contributed by atoms with Gasteiger partial charge in [0.2, 0.25) is 0 Å². The van der Waals surface area contributed by atoms with Crippen molar-refractivity contribution in [2.24, 2.45) is 0 Å². The van der Waals surface area contributed by atoms with Gasteiger partial charge in [0.15, 0.2) is 0 Å². The van der Waals surface area contributed by atoms with Gasteiger partial charge in [-0.15, -0.1) is 0 Å². The van der Waals surface area contributed by atoms with E-state index in [4.69, 9.17) is 4.84 Å². The van der Waals surface area contributed by atoms with Crippen LogP contribution in [0.3, 0.4) is 0 Å². The quantitative estimate of drug-likeness (QED) is 0.653. The third kappa shape index (κ3) is 3.42. The van der Waals surface area contributed by atoms with Crippen LogP contribution < -0.4 is 5.48 Å². The fraction of sp³-hybridized carbons (Fsp3) is 0.333. The molecule has 0 atom stereocenters. The zero-order valence-electron chi connectivity index (χ0n) is 7.31. The van der Waals surface area contributed by atoms with Crippen LogP contribution in [-0.2, 0) is 11.4 Å². The number of benzene rings is 1. The molecule has 0 aliphatic heterocycles. The second-order valence-corrected chi connectivity index (χ2v) is 3.41. The summed E-state index contributed by atoms with van der Waals surface area (Å²) < 4.78 is 13.9. The molecule has 0 heterocycles. The van der Waals surface area contributed by atoms with Gasteiger partial charge in [-0.1, -0.05) is 15.9 Å². The van der Waals surface area contributed by atoms with E-state index in [0.29, 0.717) is 18.7 Å². The molecule has 0 radical (unpaired) electrons. The molecular weight excluding hydrogens is 237 g/mol. The molecule has 0 aliphatic carbocycles. The van der Waals surface area contributed by atoms with Gasteiger partial charge in [-0.2, -0.15) is 5.48 Å². The normalized spacial score (nSPS) is 10.4. The molecule has 13 heavy (non-hydrogen) atoms. The third-order valence-electron chi connectivity index (χ3n) is 1.52. The summed E-state index contributed by atoms with van der Waals surface area (Å²) in [5, 5.41) is 0. The fourth-order valence-electron chi connectivity index (χ4n) is 0.910. The zero-order valence-corrected chi connectivity index (χ0v) is 8.90. The first kappa shape index (κ1) is 10.6. The minimum atomic E-state index is -0.226. The van der Waals surface area contributed by atoms with Crippen LogP contribution in [0, 0.1) is 5.82 Å². The van der Waals surface area contributed by atoms with E-state index < -0.39 is 0 Å². The average molecular weight is 248 g/mol. The van der Waals surface area contributed by atoms with Crippen molar-refractivity contribution in [2.75, 3.05) is 6.61 Å². The molecule has 72 valence electrons. The van der Waals surface area contributed by atoms with E-state index in [1.807, 2.05) is 6.92 Å². The van der Waals surface area contributed by atoms with Gasteiger partial charge in [0.05, 0.1) is 6.61 Å². The Morgan fingerprint density at radius 3 is 3.00 bits per heavy atom. The third-order valence-corrected chi connectivity index (χ3v) is 2.01. The molecular formula is C9H11BrFNO. The fourth-order valence-corrected chi connectivity index (χ4v) is 1.32. The van der Waals surface area contributed by atoms with Gasteiger partial charge in [0, 0.05) is 16.6 Å². The monoisotopic (exact) mass is 247 g/mol. The second-order valence-electron chi connectivity index (χ2n) is 2.49. The molecule has 2 nitrogen and oxygen atoms in total. The van der Waals surface area contributed by atoms with Crippen LogP contribution in [-0.4, -0.2) is 6.61 Å². The van der Waals surface area contributed by atoms with Crippen LogP contribution in [0.25, 0.3) is 0 Å². The smallest absolute Gasteiger partial charge is 0.127 e. The molecule has 0 unspecified atom stereocenters. The highest BCUT2D eigenvalue weighted by molar-refractivity contribution is 9.10. The highest BCUT2D eigenvalue weighted by Crippen LogP contribution is 2.15. The van der Waals surface area contributed by atoms with Gasteiger partial charge in [0.25, 0.3) is 0 Å². The number of rotatable bonds is 4. The van der Waals surface area contributed by atoms with E-state index in [1.54, 1.807) is 12.1 Å². The molecule has 0 aromatic heterocycles. The van der Waals surface area contributed by atoms with Crippen LogP contribution in [0.2, 0.25) is 0 Å². The van der Waals surface area contributed by atoms with Crippen molar-refractivity contribution in [2.45, 2.75) is 13.5 Å². The lowest BCUT2D eigenvalue weighted by atomic mass is 10.2. The lowest BCUT2D eigenvalue weighted by Gasteiger charge is -2.05. The Labute approximate surface area is 85.2 Å². The summed E-state index contributed by atoms with van der Waals surface area (Å²) in [4.78, 5) is 4.90. The van der Waals surface area contributed by atoms with E-state index >= 15 is 0 Å². The molecule has 0 aliphatic rings. The summed E-state index contributed by atoms with van der Waals surface area (Å²) in [6.45, 7) is 2.80. The van der Waals surface area contributed by atoms with Crippen molar-refractivity contribution in [1.82, 2.24) is 5.48 Å². The standard InChI is InChI=1S/C9H11BrFNO/c1-2-13-12-6-7-5-8(10)3-4-9(7)11/h3-5,12H,2,6H2,1H3. The van der Waals surface area contributed by atoms with Gasteiger partial charge >= 0.3 is 0 Å². The Balaban J connectivity index is 2.59. The molecule has 1 rings (SSSR count). The predicted octanol–water partition coefficient (Wildman–Crippen LogP) is 2.63. The van der Waals surface area contributed by atoms with Crippen molar-refractivity contribution in [1.29, 1.82) is 0 Å². The largest absolute Gasteiger partial charge is 0.302 e. The molecule has 4 heteroatoms. The lowest BCUT2D eigenvalue weighted by Crippen LogP contribution is -2.14. The van der Waals surface area contributed by atoms with E-state index in [9.17, 15) is 4.39 Å². The van der Waals surface area contributed by atoms with E-state index in [-0.39, 0.29) is 5.82 Å². The highest BCUT2D eigenvalue weighted by Gasteiger charge is 2.01. The summed E-state index contributed by atoms with van der Waals surface area (Å²) in [7, 11) is 0. The van der Waals surface area contributed by atoms with Crippen molar-refractivity contribution in [3.05, 3.63) is 34.1 Å². The SMILES string of the molecule is CCONCc1cc(Br)ccc1F. The van der Waals surface area contributed by atoms with Crippen molar-refractivity contribution < 1.29 is 9.23 Å². The summed E-state index contributed by atoms with van der Waals surface area (Å²) in [5.74, 6) is -0.226. The molecule has 0 bridgehead atoms. The molecule has 0 amide bonds. The molecule has 0 spiro atoms. The molecule has 0 saturated carbocycles. The lowest BCUT2D eigenvalue weighted by molar-refractivity contribution is 0.0457.